The summed E-state index contributed by atoms with van der Waals surface area (Å²) in [6.07, 6.45) is 0.652. The molecule has 1 nitrogen and oxygen atoms in total. The summed E-state index contributed by atoms with van der Waals surface area (Å²) in [7, 11) is 0. The van der Waals surface area contributed by atoms with Gasteiger partial charge in [0, 0.05) is 24.6 Å². The van der Waals surface area contributed by atoms with Crippen LogP contribution in [-0.2, 0) is 11.8 Å². The summed E-state index contributed by atoms with van der Waals surface area (Å²) in [6, 6.07) is 12.0. The molecule has 1 fully saturated rings. The van der Waals surface area contributed by atoms with Gasteiger partial charge < -0.3 is 5.32 Å². The molecule has 2 aromatic rings. The maximum Gasteiger partial charge on any atom is 0.126 e. The SMILES string of the molecule is Cc1ccccc1C1(Cc2cc(F)cc(F)c2)CNC1. The van der Waals surface area contributed by atoms with Gasteiger partial charge in [-0.05, 0) is 42.2 Å². The lowest BCUT2D eigenvalue weighted by atomic mass is 9.69. The molecule has 0 saturated carbocycles. The molecule has 0 radical (unpaired) electrons. The van der Waals surface area contributed by atoms with Gasteiger partial charge in [0.1, 0.15) is 11.6 Å². The average molecular weight is 273 g/mol. The van der Waals surface area contributed by atoms with Crippen LogP contribution in [0.15, 0.2) is 42.5 Å². The maximum atomic E-state index is 13.4. The summed E-state index contributed by atoms with van der Waals surface area (Å²) >= 11 is 0. The lowest BCUT2D eigenvalue weighted by Gasteiger charge is -2.44. The van der Waals surface area contributed by atoms with Crippen molar-refractivity contribution in [3.05, 3.63) is 70.8 Å². The molecule has 3 heteroatoms. The number of hydrogen-bond donors (Lipinski definition) is 1. The van der Waals surface area contributed by atoms with Crippen molar-refractivity contribution in [2.45, 2.75) is 18.8 Å². The Morgan fingerprint density at radius 1 is 1.05 bits per heavy atom. The van der Waals surface area contributed by atoms with Gasteiger partial charge in [0.05, 0.1) is 0 Å². The second kappa shape index (κ2) is 4.98. The standard InChI is InChI=1S/C17H17F2N/c1-12-4-2-3-5-16(12)17(10-20-11-17)9-13-6-14(18)8-15(19)7-13/h2-8,20H,9-11H2,1H3. The minimum Gasteiger partial charge on any atom is -0.315 e. The number of hydrogen-bond acceptors (Lipinski definition) is 1. The maximum absolute atomic E-state index is 13.4. The van der Waals surface area contributed by atoms with E-state index in [9.17, 15) is 8.78 Å². The van der Waals surface area contributed by atoms with Crippen LogP contribution in [0.25, 0.3) is 0 Å². The fraction of sp³-hybridized carbons (Fsp3) is 0.294. The van der Waals surface area contributed by atoms with Crippen LogP contribution in [0.5, 0.6) is 0 Å². The van der Waals surface area contributed by atoms with E-state index in [1.165, 1.54) is 23.3 Å². The molecule has 0 spiro atoms. The first-order chi connectivity index (χ1) is 9.59. The third-order valence-electron chi connectivity index (χ3n) is 4.11. The smallest absolute Gasteiger partial charge is 0.126 e. The molecule has 0 aliphatic carbocycles. The predicted octanol–water partition coefficient (Wildman–Crippen LogP) is 3.36. The quantitative estimate of drug-likeness (QED) is 0.904. The van der Waals surface area contributed by atoms with Gasteiger partial charge in [-0.1, -0.05) is 24.3 Å². The van der Waals surface area contributed by atoms with E-state index in [4.69, 9.17) is 0 Å². The second-order valence-electron chi connectivity index (χ2n) is 5.65. The highest BCUT2D eigenvalue weighted by Crippen LogP contribution is 2.34. The minimum absolute atomic E-state index is 0.0500. The van der Waals surface area contributed by atoms with E-state index in [2.05, 4.69) is 24.4 Å². The van der Waals surface area contributed by atoms with Crippen LogP contribution >= 0.6 is 0 Å². The predicted molar refractivity (Wildman–Crippen MR) is 75.8 cm³/mol. The van der Waals surface area contributed by atoms with E-state index >= 15 is 0 Å². The molecule has 1 aliphatic rings. The van der Waals surface area contributed by atoms with Crippen molar-refractivity contribution in [2.75, 3.05) is 13.1 Å². The molecule has 20 heavy (non-hydrogen) atoms. The van der Waals surface area contributed by atoms with Crippen LogP contribution in [0.1, 0.15) is 16.7 Å². The van der Waals surface area contributed by atoms with Crippen molar-refractivity contribution < 1.29 is 8.78 Å². The van der Waals surface area contributed by atoms with Gasteiger partial charge in [-0.25, -0.2) is 8.78 Å². The first-order valence-corrected chi connectivity index (χ1v) is 6.81. The van der Waals surface area contributed by atoms with Gasteiger partial charge in [-0.2, -0.15) is 0 Å². The van der Waals surface area contributed by atoms with Gasteiger partial charge in [-0.3, -0.25) is 0 Å². The first kappa shape index (κ1) is 13.3. The third kappa shape index (κ3) is 2.34. The molecule has 104 valence electrons. The van der Waals surface area contributed by atoms with Crippen molar-refractivity contribution in [1.29, 1.82) is 0 Å². The third-order valence-corrected chi connectivity index (χ3v) is 4.11. The molecule has 0 aromatic heterocycles. The monoisotopic (exact) mass is 273 g/mol. The molecule has 1 N–H and O–H groups in total. The van der Waals surface area contributed by atoms with Crippen molar-refractivity contribution in [2.24, 2.45) is 0 Å². The van der Waals surface area contributed by atoms with E-state index in [1.807, 2.05) is 12.1 Å². The van der Waals surface area contributed by atoms with E-state index in [-0.39, 0.29) is 5.41 Å². The molecular formula is C17H17F2N. The molecule has 3 rings (SSSR count). The second-order valence-corrected chi connectivity index (χ2v) is 5.65. The number of aryl methyl sites for hydroxylation is 1. The zero-order valence-electron chi connectivity index (χ0n) is 11.4. The Hall–Kier alpha value is -1.74. The Morgan fingerprint density at radius 3 is 2.25 bits per heavy atom. The summed E-state index contributed by atoms with van der Waals surface area (Å²) in [4.78, 5) is 0. The molecule has 0 bridgehead atoms. The molecule has 0 unspecified atom stereocenters. The highest BCUT2D eigenvalue weighted by molar-refractivity contribution is 5.39. The average Bonchev–Trinajstić information content (AvgIpc) is 2.34. The normalized spacial score (nSPS) is 16.8. The molecule has 0 amide bonds. The van der Waals surface area contributed by atoms with E-state index in [1.54, 1.807) is 0 Å². The van der Waals surface area contributed by atoms with Gasteiger partial charge in [-0.15, -0.1) is 0 Å². The van der Waals surface area contributed by atoms with Crippen molar-refractivity contribution >= 4 is 0 Å². The number of nitrogens with one attached hydrogen (secondary N) is 1. The Kier molecular flexibility index (Phi) is 3.30. The van der Waals surface area contributed by atoms with Crippen LogP contribution in [0.2, 0.25) is 0 Å². The summed E-state index contributed by atoms with van der Waals surface area (Å²) in [5.41, 5.74) is 3.16. The minimum atomic E-state index is -0.507. The summed E-state index contributed by atoms with van der Waals surface area (Å²) in [6.45, 7) is 3.77. The molecule has 1 saturated heterocycles. The number of benzene rings is 2. The Bertz CT molecular complexity index is 612. The van der Waals surface area contributed by atoms with Crippen LogP contribution in [-0.4, -0.2) is 13.1 Å². The lowest BCUT2D eigenvalue weighted by Crippen LogP contribution is -2.58. The zero-order chi connectivity index (χ0) is 14.2. The summed E-state index contributed by atoms with van der Waals surface area (Å²) in [5, 5.41) is 3.29. The Morgan fingerprint density at radius 2 is 1.70 bits per heavy atom. The van der Waals surface area contributed by atoms with Crippen LogP contribution < -0.4 is 5.32 Å². The van der Waals surface area contributed by atoms with Crippen molar-refractivity contribution in [1.82, 2.24) is 5.32 Å². The first-order valence-electron chi connectivity index (χ1n) is 6.81. The molecule has 2 aromatic carbocycles. The summed E-state index contributed by atoms with van der Waals surface area (Å²) in [5.74, 6) is -1.01. The van der Waals surface area contributed by atoms with E-state index in [0.29, 0.717) is 12.0 Å². The van der Waals surface area contributed by atoms with E-state index in [0.717, 1.165) is 19.2 Å². The van der Waals surface area contributed by atoms with Crippen LogP contribution in [0.4, 0.5) is 8.78 Å². The van der Waals surface area contributed by atoms with Crippen molar-refractivity contribution in [3.63, 3.8) is 0 Å². The van der Waals surface area contributed by atoms with Gasteiger partial charge in [0.25, 0.3) is 0 Å². The zero-order valence-corrected chi connectivity index (χ0v) is 11.4. The van der Waals surface area contributed by atoms with Crippen LogP contribution in [0, 0.1) is 18.6 Å². The number of rotatable bonds is 3. The fourth-order valence-corrected chi connectivity index (χ4v) is 3.11. The molecular weight excluding hydrogens is 256 g/mol. The summed E-state index contributed by atoms with van der Waals surface area (Å²) < 4.78 is 26.7. The Labute approximate surface area is 117 Å². The van der Waals surface area contributed by atoms with Crippen LogP contribution in [0.3, 0.4) is 0 Å². The topological polar surface area (TPSA) is 12.0 Å². The largest absolute Gasteiger partial charge is 0.315 e. The lowest BCUT2D eigenvalue weighted by molar-refractivity contribution is 0.273. The highest BCUT2D eigenvalue weighted by atomic mass is 19.1. The van der Waals surface area contributed by atoms with E-state index < -0.39 is 11.6 Å². The van der Waals surface area contributed by atoms with Gasteiger partial charge in [0.2, 0.25) is 0 Å². The van der Waals surface area contributed by atoms with Gasteiger partial charge >= 0.3 is 0 Å². The highest BCUT2D eigenvalue weighted by Gasteiger charge is 2.39. The van der Waals surface area contributed by atoms with Crippen molar-refractivity contribution in [3.8, 4) is 0 Å². The Balaban J connectivity index is 1.96. The molecule has 0 atom stereocenters. The molecule has 1 aliphatic heterocycles. The fourth-order valence-electron chi connectivity index (χ4n) is 3.11. The number of halogens is 2. The van der Waals surface area contributed by atoms with Gasteiger partial charge in [0.15, 0.2) is 0 Å². The molecule has 1 heterocycles.